The maximum absolute atomic E-state index is 12.4. The zero-order valence-corrected chi connectivity index (χ0v) is 7.47. The average Bonchev–Trinajstić information content (AvgIpc) is 2.01. The largest absolute Gasteiger partial charge is 0.416 e. The lowest BCUT2D eigenvalue weighted by Gasteiger charge is -2.15. The monoisotopic (exact) mass is 205 g/mol. The number of halogens is 3. The zero-order chi connectivity index (χ0) is 10.9. The molecular formula is C9H10F3NO. The molecule has 1 unspecified atom stereocenters. The standard InChI is InChI=1S/C9H10F3NO/c1-5(14)7-3-2-6(13)4-8(7)9(10,11)12/h2-5,14H,13H2,1H3. The lowest BCUT2D eigenvalue weighted by molar-refractivity contribution is -0.139. The fourth-order valence-corrected chi connectivity index (χ4v) is 1.18. The van der Waals surface area contributed by atoms with Crippen LogP contribution in [0.1, 0.15) is 24.2 Å². The molecule has 2 nitrogen and oxygen atoms in total. The summed E-state index contributed by atoms with van der Waals surface area (Å²) in [5.74, 6) is 0. The van der Waals surface area contributed by atoms with Gasteiger partial charge in [0, 0.05) is 5.69 Å². The van der Waals surface area contributed by atoms with E-state index >= 15 is 0 Å². The van der Waals surface area contributed by atoms with E-state index in [0.717, 1.165) is 6.07 Å². The van der Waals surface area contributed by atoms with E-state index in [1.54, 1.807) is 0 Å². The number of rotatable bonds is 1. The smallest absolute Gasteiger partial charge is 0.399 e. The van der Waals surface area contributed by atoms with Gasteiger partial charge in [0.05, 0.1) is 11.7 Å². The first-order valence-electron chi connectivity index (χ1n) is 3.97. The van der Waals surface area contributed by atoms with Crippen LogP contribution in [-0.2, 0) is 6.18 Å². The van der Waals surface area contributed by atoms with Crippen molar-refractivity contribution in [1.82, 2.24) is 0 Å². The predicted molar refractivity (Wildman–Crippen MR) is 46.5 cm³/mol. The van der Waals surface area contributed by atoms with Gasteiger partial charge in [-0.15, -0.1) is 0 Å². The Kier molecular flexibility index (Phi) is 2.71. The van der Waals surface area contributed by atoms with Crippen molar-refractivity contribution in [3.63, 3.8) is 0 Å². The second kappa shape index (κ2) is 3.49. The molecule has 0 fully saturated rings. The SMILES string of the molecule is CC(O)c1ccc(N)cc1C(F)(F)F. The van der Waals surface area contributed by atoms with Gasteiger partial charge in [0.1, 0.15) is 0 Å². The minimum atomic E-state index is -4.48. The highest BCUT2D eigenvalue weighted by molar-refractivity contribution is 5.46. The summed E-state index contributed by atoms with van der Waals surface area (Å²) in [7, 11) is 0. The second-order valence-electron chi connectivity index (χ2n) is 3.02. The van der Waals surface area contributed by atoms with Gasteiger partial charge in [-0.3, -0.25) is 0 Å². The van der Waals surface area contributed by atoms with Crippen molar-refractivity contribution in [2.75, 3.05) is 5.73 Å². The molecule has 0 heterocycles. The molecule has 0 spiro atoms. The van der Waals surface area contributed by atoms with Crippen LogP contribution >= 0.6 is 0 Å². The number of hydrogen-bond donors (Lipinski definition) is 2. The topological polar surface area (TPSA) is 46.2 Å². The van der Waals surface area contributed by atoms with E-state index in [4.69, 9.17) is 10.8 Å². The van der Waals surface area contributed by atoms with Gasteiger partial charge in [0.15, 0.2) is 0 Å². The molecule has 0 bridgehead atoms. The zero-order valence-electron chi connectivity index (χ0n) is 7.47. The van der Waals surface area contributed by atoms with Crippen molar-refractivity contribution in [3.05, 3.63) is 29.3 Å². The minimum Gasteiger partial charge on any atom is -0.399 e. The van der Waals surface area contributed by atoms with Gasteiger partial charge in [-0.2, -0.15) is 13.2 Å². The maximum Gasteiger partial charge on any atom is 0.416 e. The molecule has 1 rings (SSSR count). The van der Waals surface area contributed by atoms with Gasteiger partial charge in [-0.25, -0.2) is 0 Å². The Labute approximate surface area is 79.2 Å². The maximum atomic E-state index is 12.4. The van der Waals surface area contributed by atoms with Gasteiger partial charge < -0.3 is 10.8 Å². The van der Waals surface area contributed by atoms with E-state index in [-0.39, 0.29) is 11.3 Å². The molecule has 1 atom stereocenters. The molecule has 78 valence electrons. The summed E-state index contributed by atoms with van der Waals surface area (Å²) < 4.78 is 37.3. The molecule has 0 radical (unpaired) electrons. The molecule has 3 N–H and O–H groups in total. The molecule has 0 aliphatic carbocycles. The molecule has 0 saturated heterocycles. The molecule has 0 aromatic heterocycles. The summed E-state index contributed by atoms with van der Waals surface area (Å²) in [6.45, 7) is 1.28. The lowest BCUT2D eigenvalue weighted by Crippen LogP contribution is -2.11. The van der Waals surface area contributed by atoms with E-state index in [1.807, 2.05) is 0 Å². The molecule has 1 aromatic rings. The van der Waals surface area contributed by atoms with Crippen LogP contribution in [0.5, 0.6) is 0 Å². The van der Waals surface area contributed by atoms with E-state index in [2.05, 4.69) is 0 Å². The van der Waals surface area contributed by atoms with Crippen LogP contribution in [0.3, 0.4) is 0 Å². The number of aliphatic hydroxyl groups is 1. The van der Waals surface area contributed by atoms with Gasteiger partial charge in [0.25, 0.3) is 0 Å². The first kappa shape index (κ1) is 10.8. The number of anilines is 1. The highest BCUT2D eigenvalue weighted by atomic mass is 19.4. The molecule has 5 heteroatoms. The summed E-state index contributed by atoms with van der Waals surface area (Å²) >= 11 is 0. The summed E-state index contributed by atoms with van der Waals surface area (Å²) in [5, 5.41) is 9.12. The summed E-state index contributed by atoms with van der Waals surface area (Å²) in [4.78, 5) is 0. The predicted octanol–water partition coefficient (Wildman–Crippen LogP) is 2.34. The molecule has 14 heavy (non-hydrogen) atoms. The molecule has 0 aliphatic heterocycles. The van der Waals surface area contributed by atoms with Crippen molar-refractivity contribution in [3.8, 4) is 0 Å². The first-order chi connectivity index (χ1) is 6.32. The highest BCUT2D eigenvalue weighted by Crippen LogP contribution is 2.35. The quantitative estimate of drug-likeness (QED) is 0.691. The number of hydrogen-bond acceptors (Lipinski definition) is 2. The Hall–Kier alpha value is -1.23. The molecular weight excluding hydrogens is 195 g/mol. The van der Waals surface area contributed by atoms with Gasteiger partial charge >= 0.3 is 6.18 Å². The third-order valence-electron chi connectivity index (χ3n) is 1.83. The van der Waals surface area contributed by atoms with Crippen LogP contribution in [0.25, 0.3) is 0 Å². The number of nitrogen functional groups attached to an aromatic ring is 1. The molecule has 0 aliphatic rings. The Morgan fingerprint density at radius 3 is 2.36 bits per heavy atom. The third kappa shape index (κ3) is 2.17. The van der Waals surface area contributed by atoms with E-state index < -0.39 is 17.8 Å². The van der Waals surface area contributed by atoms with Gasteiger partial charge in [-0.1, -0.05) is 6.07 Å². The Morgan fingerprint density at radius 2 is 1.93 bits per heavy atom. The second-order valence-corrected chi connectivity index (χ2v) is 3.02. The summed E-state index contributed by atoms with van der Waals surface area (Å²) in [6.07, 6.45) is -5.64. The summed E-state index contributed by atoms with van der Waals surface area (Å²) in [5.41, 5.74) is 4.23. The molecule has 0 amide bonds. The van der Waals surface area contributed by atoms with Crippen molar-refractivity contribution in [1.29, 1.82) is 0 Å². The lowest BCUT2D eigenvalue weighted by atomic mass is 10.0. The number of benzene rings is 1. The van der Waals surface area contributed by atoms with Crippen LogP contribution in [-0.4, -0.2) is 5.11 Å². The van der Waals surface area contributed by atoms with E-state index in [1.165, 1.54) is 19.1 Å². The van der Waals surface area contributed by atoms with Crippen molar-refractivity contribution >= 4 is 5.69 Å². The van der Waals surface area contributed by atoms with Crippen molar-refractivity contribution in [2.45, 2.75) is 19.2 Å². The van der Waals surface area contributed by atoms with E-state index in [9.17, 15) is 13.2 Å². The number of nitrogens with two attached hydrogens (primary N) is 1. The fourth-order valence-electron chi connectivity index (χ4n) is 1.18. The number of alkyl halides is 3. The highest BCUT2D eigenvalue weighted by Gasteiger charge is 2.34. The fraction of sp³-hybridized carbons (Fsp3) is 0.333. The minimum absolute atomic E-state index is 0.0294. The van der Waals surface area contributed by atoms with Crippen LogP contribution in [0.4, 0.5) is 18.9 Å². The Bertz CT molecular complexity index is 333. The van der Waals surface area contributed by atoms with Crippen LogP contribution < -0.4 is 5.73 Å². The third-order valence-corrected chi connectivity index (χ3v) is 1.83. The Balaban J connectivity index is 3.30. The average molecular weight is 205 g/mol. The van der Waals surface area contributed by atoms with Crippen molar-refractivity contribution in [2.24, 2.45) is 0 Å². The first-order valence-corrected chi connectivity index (χ1v) is 3.97. The van der Waals surface area contributed by atoms with E-state index in [0.29, 0.717) is 0 Å². The van der Waals surface area contributed by atoms with Gasteiger partial charge in [-0.05, 0) is 24.6 Å². The van der Waals surface area contributed by atoms with Crippen LogP contribution in [0.2, 0.25) is 0 Å². The summed E-state index contributed by atoms with van der Waals surface area (Å²) in [6, 6.07) is 3.34. The van der Waals surface area contributed by atoms with Gasteiger partial charge in [0.2, 0.25) is 0 Å². The number of aliphatic hydroxyl groups excluding tert-OH is 1. The normalized spacial score (nSPS) is 14.1. The van der Waals surface area contributed by atoms with Crippen LogP contribution in [0, 0.1) is 0 Å². The van der Waals surface area contributed by atoms with Crippen LogP contribution in [0.15, 0.2) is 18.2 Å². The Morgan fingerprint density at radius 1 is 1.36 bits per heavy atom. The molecule has 1 aromatic carbocycles. The van der Waals surface area contributed by atoms with Crippen molar-refractivity contribution < 1.29 is 18.3 Å². The molecule has 0 saturated carbocycles.